The number of nitrogens with one attached hydrogen (secondary N) is 1. The molecule has 2 amide bonds. The highest BCUT2D eigenvalue weighted by molar-refractivity contribution is 5.96. The number of rotatable bonds is 3. The molecule has 1 saturated heterocycles. The summed E-state index contributed by atoms with van der Waals surface area (Å²) >= 11 is 0. The highest BCUT2D eigenvalue weighted by Gasteiger charge is 2.24. The number of carbonyl (C=O) groups is 2. The number of amides is 2. The van der Waals surface area contributed by atoms with E-state index in [1.807, 2.05) is 25.3 Å². The summed E-state index contributed by atoms with van der Waals surface area (Å²) in [4.78, 5) is 30.6. The van der Waals surface area contributed by atoms with Crippen LogP contribution in [-0.4, -0.2) is 58.4 Å². The summed E-state index contributed by atoms with van der Waals surface area (Å²) in [5.41, 5.74) is 2.09. The third-order valence-corrected chi connectivity index (χ3v) is 3.89. The van der Waals surface area contributed by atoms with Gasteiger partial charge < -0.3 is 19.4 Å². The number of pyridine rings is 1. The van der Waals surface area contributed by atoms with Gasteiger partial charge in [-0.25, -0.2) is 4.98 Å². The maximum atomic E-state index is 12.3. The highest BCUT2D eigenvalue weighted by Crippen LogP contribution is 2.08. The zero-order chi connectivity index (χ0) is 16.4. The van der Waals surface area contributed by atoms with Crippen LogP contribution in [0.4, 0.5) is 0 Å². The quantitative estimate of drug-likeness (QED) is 0.901. The average Bonchev–Trinajstić information content (AvgIpc) is 2.98. The van der Waals surface area contributed by atoms with E-state index in [0.717, 1.165) is 5.56 Å². The van der Waals surface area contributed by atoms with Crippen LogP contribution in [-0.2, 0) is 9.53 Å². The Kier molecular flexibility index (Phi) is 4.29. The van der Waals surface area contributed by atoms with Crippen LogP contribution in [0.2, 0.25) is 0 Å². The lowest BCUT2D eigenvalue weighted by Crippen LogP contribution is -2.50. The Balaban J connectivity index is 1.68. The van der Waals surface area contributed by atoms with Crippen molar-refractivity contribution in [3.05, 3.63) is 35.8 Å². The lowest BCUT2D eigenvalue weighted by molar-refractivity contribution is -0.136. The van der Waals surface area contributed by atoms with Crippen molar-refractivity contribution < 1.29 is 14.3 Å². The number of ether oxygens (including phenoxy) is 1. The van der Waals surface area contributed by atoms with Crippen LogP contribution in [0.25, 0.3) is 5.65 Å². The highest BCUT2D eigenvalue weighted by atomic mass is 16.5. The maximum Gasteiger partial charge on any atom is 0.272 e. The van der Waals surface area contributed by atoms with Gasteiger partial charge in [0.1, 0.15) is 17.4 Å². The molecule has 0 aromatic carbocycles. The standard InChI is InChI=1S/C16H20N4O3/c1-11-3-4-20-10-13(18-14(20)9-11)15(21)17-12(2)16(22)19-5-7-23-8-6-19/h3-4,9-10,12H,5-8H2,1-2H3,(H,17,21). The molecule has 3 heterocycles. The van der Waals surface area contributed by atoms with Gasteiger partial charge in [-0.3, -0.25) is 9.59 Å². The minimum absolute atomic E-state index is 0.0961. The van der Waals surface area contributed by atoms with Gasteiger partial charge in [0.25, 0.3) is 5.91 Å². The molecule has 0 aliphatic carbocycles. The molecule has 122 valence electrons. The first-order chi connectivity index (χ1) is 11.0. The fourth-order valence-corrected chi connectivity index (χ4v) is 2.58. The monoisotopic (exact) mass is 316 g/mol. The van der Waals surface area contributed by atoms with Crippen LogP contribution in [0.3, 0.4) is 0 Å². The zero-order valence-electron chi connectivity index (χ0n) is 13.3. The van der Waals surface area contributed by atoms with Crippen molar-refractivity contribution >= 4 is 17.5 Å². The lowest BCUT2D eigenvalue weighted by Gasteiger charge is -2.29. The fourth-order valence-electron chi connectivity index (χ4n) is 2.58. The third-order valence-electron chi connectivity index (χ3n) is 3.89. The second-order valence-electron chi connectivity index (χ2n) is 5.73. The first-order valence-corrected chi connectivity index (χ1v) is 7.67. The Morgan fingerprint density at radius 2 is 2.09 bits per heavy atom. The minimum atomic E-state index is -0.591. The van der Waals surface area contributed by atoms with Gasteiger partial charge in [0.2, 0.25) is 5.91 Å². The van der Waals surface area contributed by atoms with Crippen molar-refractivity contribution in [2.24, 2.45) is 0 Å². The third kappa shape index (κ3) is 3.34. The molecular formula is C16H20N4O3. The van der Waals surface area contributed by atoms with Crippen molar-refractivity contribution in [1.29, 1.82) is 0 Å². The number of hydrogen-bond acceptors (Lipinski definition) is 4. The molecule has 1 aliphatic heterocycles. The molecule has 0 bridgehead atoms. The first-order valence-electron chi connectivity index (χ1n) is 7.67. The number of fused-ring (bicyclic) bond motifs is 1. The van der Waals surface area contributed by atoms with Crippen molar-refractivity contribution in [1.82, 2.24) is 19.6 Å². The molecule has 7 heteroatoms. The molecule has 2 aromatic heterocycles. The lowest BCUT2D eigenvalue weighted by atomic mass is 10.2. The van der Waals surface area contributed by atoms with Gasteiger partial charge in [-0.05, 0) is 31.5 Å². The summed E-state index contributed by atoms with van der Waals surface area (Å²) in [6.07, 6.45) is 3.52. The van der Waals surface area contributed by atoms with E-state index >= 15 is 0 Å². The Hall–Kier alpha value is -2.41. The predicted octanol–water partition coefficient (Wildman–Crippen LogP) is 0.620. The van der Waals surface area contributed by atoms with Crippen molar-refractivity contribution in [3.63, 3.8) is 0 Å². The predicted molar refractivity (Wildman–Crippen MR) is 84.3 cm³/mol. The smallest absolute Gasteiger partial charge is 0.272 e. The van der Waals surface area contributed by atoms with Crippen LogP contribution < -0.4 is 5.32 Å². The van der Waals surface area contributed by atoms with Crippen molar-refractivity contribution in [2.75, 3.05) is 26.3 Å². The molecule has 1 atom stereocenters. The Labute approximate surface area is 134 Å². The van der Waals surface area contributed by atoms with E-state index in [1.165, 1.54) is 0 Å². The molecule has 1 unspecified atom stereocenters. The van der Waals surface area contributed by atoms with Gasteiger partial charge in [0, 0.05) is 25.5 Å². The van der Waals surface area contributed by atoms with E-state index in [4.69, 9.17) is 4.74 Å². The van der Waals surface area contributed by atoms with Crippen LogP contribution >= 0.6 is 0 Å². The largest absolute Gasteiger partial charge is 0.378 e. The van der Waals surface area contributed by atoms with E-state index in [0.29, 0.717) is 37.6 Å². The molecule has 2 aromatic rings. The molecule has 1 aliphatic rings. The number of aryl methyl sites for hydroxylation is 1. The summed E-state index contributed by atoms with van der Waals surface area (Å²) in [5.74, 6) is -0.443. The minimum Gasteiger partial charge on any atom is -0.378 e. The SMILES string of the molecule is Cc1ccn2cc(C(=O)NC(C)C(=O)N3CCOCC3)nc2c1. The second kappa shape index (κ2) is 6.37. The van der Waals surface area contributed by atoms with Crippen LogP contribution in [0, 0.1) is 6.92 Å². The van der Waals surface area contributed by atoms with E-state index < -0.39 is 6.04 Å². The van der Waals surface area contributed by atoms with Crippen LogP contribution in [0.5, 0.6) is 0 Å². The molecule has 3 rings (SSSR count). The molecule has 0 spiro atoms. The van der Waals surface area contributed by atoms with Crippen LogP contribution in [0.15, 0.2) is 24.5 Å². The fraction of sp³-hybridized carbons (Fsp3) is 0.438. The second-order valence-corrected chi connectivity index (χ2v) is 5.73. The molecule has 7 nitrogen and oxygen atoms in total. The zero-order valence-corrected chi connectivity index (χ0v) is 13.3. The molecular weight excluding hydrogens is 296 g/mol. The van der Waals surface area contributed by atoms with Gasteiger partial charge in [-0.15, -0.1) is 0 Å². The van der Waals surface area contributed by atoms with Gasteiger partial charge in [-0.2, -0.15) is 0 Å². The van der Waals surface area contributed by atoms with E-state index in [2.05, 4.69) is 10.3 Å². The Morgan fingerprint density at radius 1 is 1.35 bits per heavy atom. The van der Waals surface area contributed by atoms with Gasteiger partial charge >= 0.3 is 0 Å². The van der Waals surface area contributed by atoms with Crippen molar-refractivity contribution in [3.8, 4) is 0 Å². The normalized spacial score (nSPS) is 16.3. The van der Waals surface area contributed by atoms with E-state index in [9.17, 15) is 9.59 Å². The molecule has 0 saturated carbocycles. The Bertz CT molecular complexity index is 734. The number of aromatic nitrogens is 2. The van der Waals surface area contributed by atoms with Gasteiger partial charge in [0.05, 0.1) is 13.2 Å². The van der Waals surface area contributed by atoms with Crippen LogP contribution in [0.1, 0.15) is 23.0 Å². The van der Waals surface area contributed by atoms with E-state index in [-0.39, 0.29) is 11.8 Å². The molecule has 23 heavy (non-hydrogen) atoms. The first kappa shape index (κ1) is 15.5. The molecule has 1 fully saturated rings. The van der Waals surface area contributed by atoms with Crippen molar-refractivity contribution in [2.45, 2.75) is 19.9 Å². The summed E-state index contributed by atoms with van der Waals surface area (Å²) < 4.78 is 7.02. The van der Waals surface area contributed by atoms with E-state index in [1.54, 1.807) is 22.4 Å². The summed E-state index contributed by atoms with van der Waals surface area (Å²) in [5, 5.41) is 2.72. The summed E-state index contributed by atoms with van der Waals surface area (Å²) in [7, 11) is 0. The summed E-state index contributed by atoms with van der Waals surface area (Å²) in [6.45, 7) is 5.86. The van der Waals surface area contributed by atoms with Gasteiger partial charge in [-0.1, -0.05) is 0 Å². The summed E-state index contributed by atoms with van der Waals surface area (Å²) in [6, 6.07) is 3.26. The molecule has 0 radical (unpaired) electrons. The average molecular weight is 316 g/mol. The van der Waals surface area contributed by atoms with Gasteiger partial charge in [0.15, 0.2) is 0 Å². The number of morpholine rings is 1. The Morgan fingerprint density at radius 3 is 2.83 bits per heavy atom. The number of carbonyl (C=O) groups excluding carboxylic acids is 2. The maximum absolute atomic E-state index is 12.3. The number of imidazole rings is 1. The topological polar surface area (TPSA) is 75.9 Å². The molecule has 1 N–H and O–H groups in total. The number of hydrogen-bond donors (Lipinski definition) is 1. The number of nitrogens with zero attached hydrogens (tertiary/aromatic N) is 3.